The number of anilines is 1. The van der Waals surface area contributed by atoms with Gasteiger partial charge in [0, 0.05) is 13.1 Å². The fourth-order valence-electron chi connectivity index (χ4n) is 2.68. The van der Waals surface area contributed by atoms with Crippen LogP contribution < -0.4 is 10.6 Å². The van der Waals surface area contributed by atoms with E-state index in [0.717, 1.165) is 38.4 Å². The Balaban J connectivity index is 2.31. The molecule has 0 saturated carbocycles. The highest BCUT2D eigenvalue weighted by molar-refractivity contribution is 9.10. The van der Waals surface area contributed by atoms with Crippen molar-refractivity contribution in [2.24, 2.45) is 11.7 Å². The van der Waals surface area contributed by atoms with E-state index in [1.165, 1.54) is 6.07 Å². The maximum atomic E-state index is 13.5. The Hall–Kier alpha value is -1.21. The number of hydrogen-bond acceptors (Lipinski definition) is 4. The first kappa shape index (κ1) is 15.2. The lowest BCUT2D eigenvalue weighted by molar-refractivity contribution is -0.384. The Bertz CT molecular complexity index is 511. The molecule has 1 saturated heterocycles. The van der Waals surface area contributed by atoms with Crippen LogP contribution in [0.4, 0.5) is 15.8 Å². The zero-order valence-corrected chi connectivity index (χ0v) is 12.6. The standard InChI is InChI=1S/C13H17BrFN3O2/c14-10-6-12(13(18(19)20)7-11(10)15)17-5-1-2-9(8-17)3-4-16/h6-7,9H,1-5,8,16H2. The number of rotatable bonds is 4. The molecule has 1 aliphatic rings. The summed E-state index contributed by atoms with van der Waals surface area (Å²) in [5.41, 5.74) is 5.88. The minimum Gasteiger partial charge on any atom is -0.366 e. The van der Waals surface area contributed by atoms with Crippen molar-refractivity contribution in [1.29, 1.82) is 0 Å². The average molecular weight is 346 g/mol. The number of hydrogen-bond donors (Lipinski definition) is 1. The Labute approximate surface area is 125 Å². The van der Waals surface area contributed by atoms with Gasteiger partial charge in [-0.25, -0.2) is 4.39 Å². The third kappa shape index (κ3) is 3.27. The van der Waals surface area contributed by atoms with Crippen LogP contribution in [0.2, 0.25) is 0 Å². The average Bonchev–Trinajstić information content (AvgIpc) is 2.42. The smallest absolute Gasteiger partial charge is 0.295 e. The molecule has 1 heterocycles. The molecule has 1 unspecified atom stereocenters. The van der Waals surface area contributed by atoms with E-state index in [-0.39, 0.29) is 10.2 Å². The highest BCUT2D eigenvalue weighted by Crippen LogP contribution is 2.35. The van der Waals surface area contributed by atoms with Gasteiger partial charge in [-0.15, -0.1) is 0 Å². The molecule has 0 aromatic heterocycles. The normalized spacial score (nSPS) is 19.1. The number of piperidine rings is 1. The summed E-state index contributed by atoms with van der Waals surface area (Å²) < 4.78 is 13.7. The Morgan fingerprint density at radius 3 is 2.95 bits per heavy atom. The van der Waals surface area contributed by atoms with E-state index >= 15 is 0 Å². The molecule has 2 N–H and O–H groups in total. The van der Waals surface area contributed by atoms with E-state index in [0.29, 0.717) is 18.2 Å². The summed E-state index contributed by atoms with van der Waals surface area (Å²) in [6, 6.07) is 2.48. The lowest BCUT2D eigenvalue weighted by Crippen LogP contribution is -2.36. The number of nitro groups is 1. The number of nitrogens with two attached hydrogens (primary N) is 1. The van der Waals surface area contributed by atoms with E-state index in [2.05, 4.69) is 15.9 Å². The second kappa shape index (κ2) is 6.49. The topological polar surface area (TPSA) is 72.4 Å². The fourth-order valence-corrected chi connectivity index (χ4v) is 3.01. The SMILES string of the molecule is NCCC1CCCN(c2cc(Br)c(F)cc2[N+](=O)[O-])C1. The highest BCUT2D eigenvalue weighted by Gasteiger charge is 2.26. The van der Waals surface area contributed by atoms with Crippen LogP contribution in [0, 0.1) is 21.8 Å². The predicted octanol–water partition coefficient (Wildman–Crippen LogP) is 3.06. The molecule has 0 radical (unpaired) electrons. The van der Waals surface area contributed by atoms with E-state index in [4.69, 9.17) is 5.73 Å². The number of nitrogens with zero attached hydrogens (tertiary/aromatic N) is 2. The van der Waals surface area contributed by atoms with E-state index in [1.54, 1.807) is 0 Å². The molecule has 7 heteroatoms. The van der Waals surface area contributed by atoms with Crippen molar-refractivity contribution in [3.63, 3.8) is 0 Å². The first-order valence-electron chi connectivity index (χ1n) is 6.61. The summed E-state index contributed by atoms with van der Waals surface area (Å²) in [5.74, 6) is -0.173. The van der Waals surface area contributed by atoms with E-state index < -0.39 is 10.7 Å². The summed E-state index contributed by atoms with van der Waals surface area (Å²) in [5, 5.41) is 11.1. The van der Waals surface area contributed by atoms with Crippen LogP contribution in [-0.2, 0) is 0 Å². The molecule has 1 aromatic carbocycles. The van der Waals surface area contributed by atoms with Crippen molar-refractivity contribution in [2.45, 2.75) is 19.3 Å². The van der Waals surface area contributed by atoms with Crippen molar-refractivity contribution in [1.82, 2.24) is 0 Å². The molecule has 2 rings (SSSR count). The highest BCUT2D eigenvalue weighted by atomic mass is 79.9. The Morgan fingerprint density at radius 2 is 2.30 bits per heavy atom. The lowest BCUT2D eigenvalue weighted by Gasteiger charge is -2.34. The van der Waals surface area contributed by atoms with Crippen molar-refractivity contribution >= 4 is 27.3 Å². The minimum atomic E-state index is -0.615. The molecule has 5 nitrogen and oxygen atoms in total. The molecule has 20 heavy (non-hydrogen) atoms. The van der Waals surface area contributed by atoms with Crippen molar-refractivity contribution in [2.75, 3.05) is 24.5 Å². The third-order valence-corrected chi connectivity index (χ3v) is 4.26. The van der Waals surface area contributed by atoms with Crippen LogP contribution in [0.25, 0.3) is 0 Å². The second-order valence-corrected chi connectivity index (χ2v) is 5.90. The minimum absolute atomic E-state index is 0.181. The molecule has 1 atom stereocenters. The zero-order chi connectivity index (χ0) is 14.7. The maximum absolute atomic E-state index is 13.5. The van der Waals surface area contributed by atoms with Crippen LogP contribution in [0.5, 0.6) is 0 Å². The fraction of sp³-hybridized carbons (Fsp3) is 0.538. The van der Waals surface area contributed by atoms with Gasteiger partial charge < -0.3 is 10.6 Å². The maximum Gasteiger partial charge on any atom is 0.295 e. The van der Waals surface area contributed by atoms with Crippen molar-refractivity contribution in [3.8, 4) is 0 Å². The van der Waals surface area contributed by atoms with Crippen LogP contribution in [0.3, 0.4) is 0 Å². The number of nitro benzene ring substituents is 1. The molecule has 1 fully saturated rings. The summed E-state index contributed by atoms with van der Waals surface area (Å²) >= 11 is 3.10. The van der Waals surface area contributed by atoms with Crippen LogP contribution >= 0.6 is 15.9 Å². The molecule has 110 valence electrons. The third-order valence-electron chi connectivity index (χ3n) is 3.65. The lowest BCUT2D eigenvalue weighted by atomic mass is 9.94. The first-order valence-corrected chi connectivity index (χ1v) is 7.40. The van der Waals surface area contributed by atoms with Gasteiger partial charge in [0.15, 0.2) is 0 Å². The van der Waals surface area contributed by atoms with Gasteiger partial charge in [-0.1, -0.05) is 0 Å². The summed E-state index contributed by atoms with van der Waals surface area (Å²) in [7, 11) is 0. The van der Waals surface area contributed by atoms with Crippen LogP contribution in [-0.4, -0.2) is 24.6 Å². The van der Waals surface area contributed by atoms with Gasteiger partial charge >= 0.3 is 0 Å². The van der Waals surface area contributed by atoms with E-state index in [9.17, 15) is 14.5 Å². The summed E-state index contributed by atoms with van der Waals surface area (Å²) in [6.45, 7) is 2.10. The molecule has 0 aliphatic carbocycles. The molecule has 1 aliphatic heterocycles. The Kier molecular flexibility index (Phi) is 4.93. The van der Waals surface area contributed by atoms with Crippen LogP contribution in [0.1, 0.15) is 19.3 Å². The predicted molar refractivity (Wildman–Crippen MR) is 79.4 cm³/mol. The largest absolute Gasteiger partial charge is 0.366 e. The van der Waals surface area contributed by atoms with Gasteiger partial charge in [-0.2, -0.15) is 0 Å². The molecular formula is C13H17BrFN3O2. The monoisotopic (exact) mass is 345 g/mol. The van der Waals surface area contributed by atoms with Gasteiger partial charge in [0.2, 0.25) is 0 Å². The van der Waals surface area contributed by atoms with Gasteiger partial charge in [0.25, 0.3) is 5.69 Å². The Morgan fingerprint density at radius 1 is 1.55 bits per heavy atom. The zero-order valence-electron chi connectivity index (χ0n) is 11.0. The van der Waals surface area contributed by atoms with Gasteiger partial charge in [0.05, 0.1) is 15.5 Å². The molecule has 0 amide bonds. The van der Waals surface area contributed by atoms with Gasteiger partial charge in [-0.05, 0) is 53.7 Å². The van der Waals surface area contributed by atoms with E-state index in [1.807, 2.05) is 4.90 Å². The summed E-state index contributed by atoms with van der Waals surface area (Å²) in [6.07, 6.45) is 2.97. The molecule has 0 spiro atoms. The van der Waals surface area contributed by atoms with Crippen LogP contribution in [0.15, 0.2) is 16.6 Å². The molecule has 1 aromatic rings. The number of halogens is 2. The van der Waals surface area contributed by atoms with Gasteiger partial charge in [0.1, 0.15) is 11.5 Å². The van der Waals surface area contributed by atoms with Gasteiger partial charge in [-0.3, -0.25) is 10.1 Å². The van der Waals surface area contributed by atoms with Crippen molar-refractivity contribution < 1.29 is 9.31 Å². The quantitative estimate of drug-likeness (QED) is 0.672. The number of benzene rings is 1. The van der Waals surface area contributed by atoms with Crippen molar-refractivity contribution in [3.05, 3.63) is 32.5 Å². The first-order chi connectivity index (χ1) is 9.52. The second-order valence-electron chi connectivity index (χ2n) is 5.04. The summed E-state index contributed by atoms with van der Waals surface area (Å²) in [4.78, 5) is 12.5. The molecular weight excluding hydrogens is 329 g/mol. The molecule has 0 bridgehead atoms.